The fourth-order valence-corrected chi connectivity index (χ4v) is 2.61. The lowest BCUT2D eigenvalue weighted by Gasteiger charge is -2.00. The maximum absolute atomic E-state index is 11.0. The molecular formula is C6H11N3O3S. The Morgan fingerprint density at radius 3 is 2.69 bits per heavy atom. The SMILES string of the molecule is CC(=O)NN=C1CS(=O)(=O)CC1N. The standard InChI is InChI=1S/C6H11N3O3S/c1-4(10)8-9-6-3-13(11,12)2-5(6)7/h5H,2-3,7H2,1H3,(H,8,10). The molecule has 0 radical (unpaired) electrons. The van der Waals surface area contributed by atoms with E-state index in [1.165, 1.54) is 6.92 Å². The van der Waals surface area contributed by atoms with Crippen LogP contribution in [-0.2, 0) is 14.6 Å². The summed E-state index contributed by atoms with van der Waals surface area (Å²) in [6.45, 7) is 1.29. The molecule has 1 unspecified atom stereocenters. The summed E-state index contributed by atoms with van der Waals surface area (Å²) in [5.41, 5.74) is 7.95. The molecule has 3 N–H and O–H groups in total. The molecule has 1 aliphatic rings. The quantitative estimate of drug-likeness (QED) is 0.495. The number of hydrogen-bond acceptors (Lipinski definition) is 5. The number of nitrogens with zero attached hydrogens (tertiary/aromatic N) is 1. The first-order valence-electron chi connectivity index (χ1n) is 3.70. The zero-order chi connectivity index (χ0) is 10.1. The molecule has 74 valence electrons. The van der Waals surface area contributed by atoms with Gasteiger partial charge in [0.05, 0.1) is 23.3 Å². The highest BCUT2D eigenvalue weighted by molar-refractivity contribution is 7.92. The molecule has 1 saturated heterocycles. The van der Waals surface area contributed by atoms with E-state index in [9.17, 15) is 13.2 Å². The average molecular weight is 205 g/mol. The lowest BCUT2D eigenvalue weighted by atomic mass is 10.2. The van der Waals surface area contributed by atoms with Crippen molar-refractivity contribution in [1.82, 2.24) is 5.43 Å². The normalized spacial score (nSPS) is 29.1. The molecule has 13 heavy (non-hydrogen) atoms. The van der Waals surface area contributed by atoms with Gasteiger partial charge in [0.2, 0.25) is 5.91 Å². The number of nitrogens with two attached hydrogens (primary N) is 1. The van der Waals surface area contributed by atoms with Gasteiger partial charge in [-0.1, -0.05) is 0 Å². The third-order valence-corrected chi connectivity index (χ3v) is 3.19. The molecule has 1 aliphatic heterocycles. The van der Waals surface area contributed by atoms with Crippen molar-refractivity contribution < 1.29 is 13.2 Å². The van der Waals surface area contributed by atoms with Crippen LogP contribution in [0.2, 0.25) is 0 Å². The number of sulfone groups is 1. The summed E-state index contributed by atoms with van der Waals surface area (Å²) in [6.07, 6.45) is 0. The lowest BCUT2D eigenvalue weighted by molar-refractivity contribution is -0.118. The first-order chi connectivity index (χ1) is 5.91. The van der Waals surface area contributed by atoms with Crippen molar-refractivity contribution in [3.8, 4) is 0 Å². The summed E-state index contributed by atoms with van der Waals surface area (Å²) in [7, 11) is -3.10. The Hall–Kier alpha value is -0.950. The number of rotatable bonds is 1. The van der Waals surface area contributed by atoms with Crippen LogP contribution in [0.4, 0.5) is 0 Å². The molecule has 0 aromatic rings. The Balaban J connectivity index is 2.73. The predicted octanol–water partition coefficient (Wildman–Crippen LogP) is -1.77. The highest BCUT2D eigenvalue weighted by Crippen LogP contribution is 2.06. The Bertz CT molecular complexity index is 346. The van der Waals surface area contributed by atoms with E-state index >= 15 is 0 Å². The van der Waals surface area contributed by atoms with Crippen molar-refractivity contribution in [1.29, 1.82) is 0 Å². The fraction of sp³-hybridized carbons (Fsp3) is 0.667. The van der Waals surface area contributed by atoms with E-state index in [1.54, 1.807) is 0 Å². The minimum Gasteiger partial charge on any atom is -0.322 e. The van der Waals surface area contributed by atoms with Crippen LogP contribution in [0.3, 0.4) is 0 Å². The average Bonchev–Trinajstić information content (AvgIpc) is 2.20. The van der Waals surface area contributed by atoms with Crippen LogP contribution in [0.15, 0.2) is 5.10 Å². The van der Waals surface area contributed by atoms with Gasteiger partial charge in [-0.05, 0) is 0 Å². The number of hydrogen-bond donors (Lipinski definition) is 2. The molecule has 1 rings (SSSR count). The molecule has 1 heterocycles. The van der Waals surface area contributed by atoms with Crippen molar-refractivity contribution in [3.63, 3.8) is 0 Å². The second-order valence-electron chi connectivity index (χ2n) is 2.93. The maximum Gasteiger partial charge on any atom is 0.236 e. The van der Waals surface area contributed by atoms with Gasteiger partial charge in [0.25, 0.3) is 0 Å². The number of nitrogens with one attached hydrogen (secondary N) is 1. The summed E-state index contributed by atoms with van der Waals surface area (Å²) in [6, 6.07) is -0.586. The van der Waals surface area contributed by atoms with Crippen LogP contribution in [0, 0.1) is 0 Å². The maximum atomic E-state index is 11.0. The highest BCUT2D eigenvalue weighted by atomic mass is 32.2. The molecule has 1 fully saturated rings. The van der Waals surface area contributed by atoms with Crippen LogP contribution in [-0.4, -0.2) is 37.6 Å². The Morgan fingerprint density at radius 2 is 2.31 bits per heavy atom. The molecule has 0 aromatic carbocycles. The Kier molecular flexibility index (Phi) is 2.67. The van der Waals surface area contributed by atoms with E-state index in [1.807, 2.05) is 0 Å². The van der Waals surface area contributed by atoms with Crippen molar-refractivity contribution >= 4 is 21.5 Å². The molecule has 7 heteroatoms. The van der Waals surface area contributed by atoms with Crippen LogP contribution in [0.5, 0.6) is 0 Å². The molecule has 0 bridgehead atoms. The molecule has 0 aromatic heterocycles. The lowest BCUT2D eigenvalue weighted by Crippen LogP contribution is -2.31. The monoisotopic (exact) mass is 205 g/mol. The molecule has 0 saturated carbocycles. The second kappa shape index (κ2) is 3.43. The fourth-order valence-electron chi connectivity index (χ4n) is 1.03. The Morgan fingerprint density at radius 1 is 1.69 bits per heavy atom. The van der Waals surface area contributed by atoms with Crippen LogP contribution >= 0.6 is 0 Å². The molecule has 1 atom stereocenters. The van der Waals surface area contributed by atoms with Gasteiger partial charge in [0, 0.05) is 6.92 Å². The van der Waals surface area contributed by atoms with E-state index in [0.29, 0.717) is 5.71 Å². The molecule has 0 spiro atoms. The first kappa shape index (κ1) is 10.1. The molecular weight excluding hydrogens is 194 g/mol. The summed E-state index contributed by atoms with van der Waals surface area (Å²) >= 11 is 0. The first-order valence-corrected chi connectivity index (χ1v) is 5.52. The summed E-state index contributed by atoms with van der Waals surface area (Å²) < 4.78 is 22.0. The van der Waals surface area contributed by atoms with Crippen LogP contribution in [0.1, 0.15) is 6.92 Å². The van der Waals surface area contributed by atoms with Crippen molar-refractivity contribution in [2.45, 2.75) is 13.0 Å². The van der Waals surface area contributed by atoms with E-state index in [0.717, 1.165) is 0 Å². The van der Waals surface area contributed by atoms with E-state index in [4.69, 9.17) is 5.73 Å². The summed E-state index contributed by atoms with van der Waals surface area (Å²) in [5.74, 6) is -0.594. The molecule has 6 nitrogen and oxygen atoms in total. The summed E-state index contributed by atoms with van der Waals surface area (Å²) in [4.78, 5) is 10.5. The molecule has 0 aliphatic carbocycles. The minimum atomic E-state index is -3.10. The Labute approximate surface area is 76.1 Å². The van der Waals surface area contributed by atoms with Crippen LogP contribution < -0.4 is 11.2 Å². The molecule has 1 amide bonds. The zero-order valence-electron chi connectivity index (χ0n) is 7.15. The van der Waals surface area contributed by atoms with Crippen molar-refractivity contribution in [2.75, 3.05) is 11.5 Å². The van der Waals surface area contributed by atoms with Gasteiger partial charge >= 0.3 is 0 Å². The topological polar surface area (TPSA) is 102 Å². The van der Waals surface area contributed by atoms with Gasteiger partial charge in [-0.2, -0.15) is 5.10 Å². The third-order valence-electron chi connectivity index (χ3n) is 1.59. The van der Waals surface area contributed by atoms with Crippen molar-refractivity contribution in [3.05, 3.63) is 0 Å². The largest absolute Gasteiger partial charge is 0.322 e. The summed E-state index contributed by atoms with van der Waals surface area (Å²) in [5, 5.41) is 3.61. The number of carbonyl (C=O) groups excluding carboxylic acids is 1. The number of carbonyl (C=O) groups is 1. The third kappa shape index (κ3) is 2.78. The van der Waals surface area contributed by atoms with Crippen LogP contribution in [0.25, 0.3) is 0 Å². The van der Waals surface area contributed by atoms with Gasteiger partial charge in [-0.25, -0.2) is 13.8 Å². The minimum absolute atomic E-state index is 0.0918. The van der Waals surface area contributed by atoms with Gasteiger partial charge in [0.15, 0.2) is 9.84 Å². The van der Waals surface area contributed by atoms with Gasteiger partial charge in [0.1, 0.15) is 0 Å². The van der Waals surface area contributed by atoms with Gasteiger partial charge < -0.3 is 5.73 Å². The van der Waals surface area contributed by atoms with E-state index < -0.39 is 15.9 Å². The zero-order valence-corrected chi connectivity index (χ0v) is 7.97. The van der Waals surface area contributed by atoms with E-state index in [2.05, 4.69) is 10.5 Å². The van der Waals surface area contributed by atoms with Gasteiger partial charge in [-0.15, -0.1) is 0 Å². The highest BCUT2D eigenvalue weighted by Gasteiger charge is 2.31. The smallest absolute Gasteiger partial charge is 0.236 e. The second-order valence-corrected chi connectivity index (χ2v) is 5.04. The predicted molar refractivity (Wildman–Crippen MR) is 47.9 cm³/mol. The van der Waals surface area contributed by atoms with Crippen molar-refractivity contribution in [2.24, 2.45) is 10.8 Å². The van der Waals surface area contributed by atoms with E-state index in [-0.39, 0.29) is 17.4 Å². The number of amides is 1. The van der Waals surface area contributed by atoms with Gasteiger partial charge in [-0.3, -0.25) is 4.79 Å². The number of hydrazone groups is 1.